The fourth-order valence-electron chi connectivity index (χ4n) is 2.55. The van der Waals surface area contributed by atoms with Crippen LogP contribution in [-0.2, 0) is 23.6 Å². The van der Waals surface area contributed by atoms with Gasteiger partial charge in [-0.25, -0.2) is 18.5 Å². The first-order chi connectivity index (χ1) is 12.4. The average molecular weight is 370 g/mol. The van der Waals surface area contributed by atoms with Crippen LogP contribution in [0.25, 0.3) is 11.4 Å². The van der Waals surface area contributed by atoms with E-state index in [0.717, 1.165) is 11.1 Å². The third-order valence-electron chi connectivity index (χ3n) is 3.96. The molecule has 8 heteroatoms. The zero-order chi connectivity index (χ0) is 18.7. The third kappa shape index (κ3) is 3.81. The lowest BCUT2D eigenvalue weighted by Gasteiger charge is -2.08. The van der Waals surface area contributed by atoms with Gasteiger partial charge in [0.05, 0.1) is 11.1 Å². The Bertz CT molecular complexity index is 1030. The van der Waals surface area contributed by atoms with Crippen molar-refractivity contribution < 1.29 is 13.2 Å². The number of aromatic nitrogens is 2. The number of nitrogens with one attached hydrogen (secondary N) is 1. The highest BCUT2D eigenvalue weighted by Crippen LogP contribution is 2.18. The van der Waals surface area contributed by atoms with Gasteiger partial charge in [-0.05, 0) is 17.7 Å². The van der Waals surface area contributed by atoms with E-state index in [1.807, 2.05) is 30.3 Å². The van der Waals surface area contributed by atoms with Crippen molar-refractivity contribution in [2.24, 2.45) is 12.2 Å². The van der Waals surface area contributed by atoms with E-state index in [0.29, 0.717) is 11.5 Å². The number of primary sulfonamides is 1. The van der Waals surface area contributed by atoms with Crippen molar-refractivity contribution in [2.45, 2.75) is 11.4 Å². The summed E-state index contributed by atoms with van der Waals surface area (Å²) in [6.07, 6.45) is 1.53. The molecular weight excluding hydrogens is 352 g/mol. The van der Waals surface area contributed by atoms with Gasteiger partial charge in [-0.3, -0.25) is 4.79 Å². The largest absolute Gasteiger partial charge is 0.347 e. The summed E-state index contributed by atoms with van der Waals surface area (Å²) < 4.78 is 24.2. The number of imidazole rings is 1. The number of nitrogens with two attached hydrogens (primary N) is 1. The molecule has 0 fully saturated rings. The molecule has 3 N–H and O–H groups in total. The number of carbonyl (C=O) groups is 1. The van der Waals surface area contributed by atoms with Crippen LogP contribution in [0.3, 0.4) is 0 Å². The molecule has 0 atom stereocenters. The zero-order valence-corrected chi connectivity index (χ0v) is 14.9. The van der Waals surface area contributed by atoms with Gasteiger partial charge < -0.3 is 9.88 Å². The summed E-state index contributed by atoms with van der Waals surface area (Å²) in [6.45, 7) is 0.260. The highest BCUT2D eigenvalue weighted by Gasteiger charge is 2.15. The molecular formula is C18H18N4O3S. The van der Waals surface area contributed by atoms with E-state index < -0.39 is 10.0 Å². The second-order valence-corrected chi connectivity index (χ2v) is 7.33. The number of sulfonamides is 1. The van der Waals surface area contributed by atoms with Crippen LogP contribution in [-0.4, -0.2) is 23.9 Å². The molecule has 134 valence electrons. The fraction of sp³-hybridized carbons (Fsp3) is 0.111. The minimum absolute atomic E-state index is 0.0340. The molecule has 1 amide bonds. The Morgan fingerprint density at radius 3 is 2.38 bits per heavy atom. The predicted molar refractivity (Wildman–Crippen MR) is 97.6 cm³/mol. The monoisotopic (exact) mass is 370 g/mol. The second-order valence-electron chi connectivity index (χ2n) is 5.76. The number of rotatable bonds is 5. The molecule has 0 radical (unpaired) electrons. The van der Waals surface area contributed by atoms with Crippen LogP contribution in [0.5, 0.6) is 0 Å². The minimum atomic E-state index is -3.72. The number of hydrogen-bond acceptors (Lipinski definition) is 4. The molecule has 2 aromatic carbocycles. The van der Waals surface area contributed by atoms with Crippen molar-refractivity contribution >= 4 is 15.9 Å². The van der Waals surface area contributed by atoms with E-state index in [1.54, 1.807) is 23.7 Å². The molecule has 0 saturated carbocycles. The van der Waals surface area contributed by atoms with E-state index >= 15 is 0 Å². The fourth-order valence-corrected chi connectivity index (χ4v) is 3.06. The lowest BCUT2D eigenvalue weighted by molar-refractivity contribution is 0.0943. The van der Waals surface area contributed by atoms with Crippen LogP contribution >= 0.6 is 0 Å². The molecule has 0 aliphatic carbocycles. The maximum absolute atomic E-state index is 12.4. The maximum atomic E-state index is 12.4. The summed E-state index contributed by atoms with van der Waals surface area (Å²) in [5, 5.41) is 7.86. The predicted octanol–water partition coefficient (Wildman–Crippen LogP) is 1.66. The van der Waals surface area contributed by atoms with Crippen molar-refractivity contribution in [1.82, 2.24) is 14.9 Å². The van der Waals surface area contributed by atoms with Crippen LogP contribution in [0.15, 0.2) is 65.7 Å². The van der Waals surface area contributed by atoms with E-state index in [1.165, 1.54) is 18.3 Å². The molecule has 1 aromatic heterocycles. The third-order valence-corrected chi connectivity index (χ3v) is 4.89. The van der Waals surface area contributed by atoms with Crippen molar-refractivity contribution in [3.8, 4) is 11.4 Å². The summed E-state index contributed by atoms with van der Waals surface area (Å²) in [5.41, 5.74) is 2.12. The second kappa shape index (κ2) is 7.11. The van der Waals surface area contributed by atoms with Crippen LogP contribution in [0.4, 0.5) is 0 Å². The Labute approximate surface area is 151 Å². The van der Waals surface area contributed by atoms with Crippen LogP contribution in [0.1, 0.15) is 16.1 Å². The van der Waals surface area contributed by atoms with E-state index in [9.17, 15) is 13.2 Å². The molecule has 26 heavy (non-hydrogen) atoms. The average Bonchev–Trinajstić information content (AvgIpc) is 3.01. The van der Waals surface area contributed by atoms with Crippen LogP contribution in [0.2, 0.25) is 0 Å². The number of carbonyl (C=O) groups excluding carboxylic acids is 1. The molecule has 3 rings (SSSR count). The van der Waals surface area contributed by atoms with Crippen molar-refractivity contribution in [1.29, 1.82) is 0 Å². The highest BCUT2D eigenvalue weighted by molar-refractivity contribution is 7.89. The Kier molecular flexibility index (Phi) is 4.88. The summed E-state index contributed by atoms with van der Waals surface area (Å²) in [6, 6.07) is 15.6. The van der Waals surface area contributed by atoms with E-state index in [4.69, 9.17) is 5.14 Å². The van der Waals surface area contributed by atoms with Gasteiger partial charge in [0.15, 0.2) is 0 Å². The van der Waals surface area contributed by atoms with Gasteiger partial charge in [-0.15, -0.1) is 0 Å². The number of benzene rings is 2. The maximum Gasteiger partial charge on any atom is 0.269 e. The molecule has 1 heterocycles. The summed E-state index contributed by atoms with van der Waals surface area (Å²) in [7, 11) is -1.94. The highest BCUT2D eigenvalue weighted by atomic mass is 32.2. The normalized spacial score (nSPS) is 11.3. The first kappa shape index (κ1) is 17.8. The molecule has 0 aliphatic heterocycles. The Morgan fingerprint density at radius 2 is 1.77 bits per heavy atom. The van der Waals surface area contributed by atoms with Gasteiger partial charge in [-0.2, -0.15) is 0 Å². The Hall–Kier alpha value is -2.97. The summed E-state index contributed by atoms with van der Waals surface area (Å²) in [5.74, 6) is 0.436. The standard InChI is InChI=1S/C18H18N4O3S/c1-22-16(12-20-17(22)14-5-3-2-4-6-14)18(23)21-11-13-7-9-15(10-8-13)26(19,24)25/h2-10,12H,11H2,1H3,(H,21,23)(H2,19,24,25). The van der Waals surface area contributed by atoms with Crippen LogP contribution < -0.4 is 10.5 Å². The lowest BCUT2D eigenvalue weighted by Crippen LogP contribution is -2.25. The van der Waals surface area contributed by atoms with E-state index in [2.05, 4.69) is 10.3 Å². The van der Waals surface area contributed by atoms with Gasteiger partial charge in [0, 0.05) is 19.2 Å². The first-order valence-electron chi connectivity index (χ1n) is 7.83. The molecule has 0 saturated heterocycles. The molecule has 0 spiro atoms. The van der Waals surface area contributed by atoms with Gasteiger partial charge in [0.25, 0.3) is 5.91 Å². The van der Waals surface area contributed by atoms with Gasteiger partial charge in [0.2, 0.25) is 10.0 Å². The lowest BCUT2D eigenvalue weighted by atomic mass is 10.2. The summed E-state index contributed by atoms with van der Waals surface area (Å²) >= 11 is 0. The molecule has 0 bridgehead atoms. The topological polar surface area (TPSA) is 107 Å². The molecule has 0 aliphatic rings. The van der Waals surface area contributed by atoms with Crippen LogP contribution in [0, 0.1) is 0 Å². The first-order valence-corrected chi connectivity index (χ1v) is 9.38. The Morgan fingerprint density at radius 1 is 1.12 bits per heavy atom. The van der Waals surface area contributed by atoms with Gasteiger partial charge in [0.1, 0.15) is 11.5 Å². The van der Waals surface area contributed by atoms with Crippen molar-refractivity contribution in [3.63, 3.8) is 0 Å². The number of amides is 1. The number of hydrogen-bond donors (Lipinski definition) is 2. The van der Waals surface area contributed by atoms with Crippen molar-refractivity contribution in [2.75, 3.05) is 0 Å². The smallest absolute Gasteiger partial charge is 0.269 e. The zero-order valence-electron chi connectivity index (χ0n) is 14.1. The Balaban J connectivity index is 1.70. The molecule has 0 unspecified atom stereocenters. The number of nitrogens with zero attached hydrogens (tertiary/aromatic N) is 2. The summed E-state index contributed by atoms with van der Waals surface area (Å²) in [4.78, 5) is 16.8. The SMILES string of the molecule is Cn1c(C(=O)NCc2ccc(S(N)(=O)=O)cc2)cnc1-c1ccccc1. The molecule has 3 aromatic rings. The van der Waals surface area contributed by atoms with Gasteiger partial charge in [-0.1, -0.05) is 42.5 Å². The quantitative estimate of drug-likeness (QED) is 0.712. The van der Waals surface area contributed by atoms with E-state index in [-0.39, 0.29) is 17.3 Å². The van der Waals surface area contributed by atoms with Gasteiger partial charge >= 0.3 is 0 Å². The molecule has 7 nitrogen and oxygen atoms in total. The van der Waals surface area contributed by atoms with Crippen molar-refractivity contribution in [3.05, 3.63) is 72.1 Å². The minimum Gasteiger partial charge on any atom is -0.347 e.